The number of unbranched alkanes of at least 4 members (excludes halogenated alkanes) is 7. The van der Waals surface area contributed by atoms with E-state index in [-0.39, 0.29) is 0 Å². The van der Waals surface area contributed by atoms with Crippen molar-refractivity contribution in [3.63, 3.8) is 0 Å². The normalized spacial score (nSPS) is 11.5. The number of imidazole rings is 1. The quantitative estimate of drug-likeness (QED) is 0.358. The van der Waals surface area contributed by atoms with E-state index < -0.39 is 0 Å². The lowest BCUT2D eigenvalue weighted by molar-refractivity contribution is -0.705. The van der Waals surface area contributed by atoms with Crippen LogP contribution in [0.1, 0.15) is 97.2 Å². The lowest BCUT2D eigenvalue weighted by Gasteiger charge is -2.07. The summed E-state index contributed by atoms with van der Waals surface area (Å²) < 4.78 is 4.92. The summed E-state index contributed by atoms with van der Waals surface area (Å²) in [5.74, 6) is 2.11. The fourth-order valence-corrected chi connectivity index (χ4v) is 3.18. The van der Waals surface area contributed by atoms with Gasteiger partial charge in [0.1, 0.15) is 12.4 Å². The van der Waals surface area contributed by atoms with Crippen LogP contribution in [0.5, 0.6) is 0 Å². The van der Waals surface area contributed by atoms with E-state index in [0.717, 1.165) is 6.54 Å². The van der Waals surface area contributed by atoms with Crippen LogP contribution < -0.4 is 4.57 Å². The first-order chi connectivity index (χ1) is 10.2. The second-order valence-electron chi connectivity index (χ2n) is 6.67. The van der Waals surface area contributed by atoms with E-state index >= 15 is 0 Å². The predicted octanol–water partition coefficient (Wildman–Crippen LogP) is 5.45. The molecule has 0 unspecified atom stereocenters. The van der Waals surface area contributed by atoms with E-state index in [0.29, 0.717) is 5.92 Å². The third-order valence-electron chi connectivity index (χ3n) is 4.25. The Balaban J connectivity index is 2.28. The number of aryl methyl sites for hydroxylation is 2. The highest BCUT2D eigenvalue weighted by Crippen LogP contribution is 2.12. The molecule has 0 N–H and O–H groups in total. The Bertz CT molecular complexity index is 366. The van der Waals surface area contributed by atoms with Crippen LogP contribution in [-0.4, -0.2) is 4.57 Å². The molecule has 0 saturated carbocycles. The molecule has 2 nitrogen and oxygen atoms in total. The molecule has 122 valence electrons. The van der Waals surface area contributed by atoms with Gasteiger partial charge in [0.05, 0.1) is 19.0 Å². The number of nitrogens with zero attached hydrogens (tertiary/aromatic N) is 2. The molecular weight excluding hydrogens is 256 g/mol. The molecule has 1 rings (SSSR count). The molecule has 0 radical (unpaired) electrons. The Morgan fingerprint density at radius 1 is 0.905 bits per heavy atom. The Labute approximate surface area is 132 Å². The first-order valence-electron chi connectivity index (χ1n) is 9.29. The maximum atomic E-state index is 2.48. The maximum Gasteiger partial charge on any atom is 0.258 e. The van der Waals surface area contributed by atoms with E-state index in [9.17, 15) is 0 Å². The van der Waals surface area contributed by atoms with Crippen molar-refractivity contribution in [2.24, 2.45) is 0 Å². The van der Waals surface area contributed by atoms with Crippen molar-refractivity contribution in [2.45, 2.75) is 104 Å². The highest BCUT2D eigenvalue weighted by atomic mass is 15.1. The van der Waals surface area contributed by atoms with Gasteiger partial charge in [0.15, 0.2) is 0 Å². The Kier molecular flexibility index (Phi) is 9.45. The smallest absolute Gasteiger partial charge is 0.234 e. The van der Waals surface area contributed by atoms with E-state index in [2.05, 4.69) is 49.2 Å². The standard InChI is InChI=1S/C19H37N2/c1-5-7-8-9-10-11-12-13-15-21-17-16-20(14-6-2)19(21)18(3)4/h16-18H,5-15H2,1-4H3/q+1. The molecule has 0 atom stereocenters. The summed E-state index contributed by atoms with van der Waals surface area (Å²) >= 11 is 0. The summed E-state index contributed by atoms with van der Waals surface area (Å²) in [7, 11) is 0. The Hall–Kier alpha value is -0.790. The van der Waals surface area contributed by atoms with Crippen LogP contribution in [0.25, 0.3) is 0 Å². The van der Waals surface area contributed by atoms with Gasteiger partial charge >= 0.3 is 0 Å². The Morgan fingerprint density at radius 2 is 1.52 bits per heavy atom. The van der Waals surface area contributed by atoms with Gasteiger partial charge in [0, 0.05) is 0 Å². The van der Waals surface area contributed by atoms with Crippen molar-refractivity contribution in [2.75, 3.05) is 0 Å². The molecule has 0 bridgehead atoms. The van der Waals surface area contributed by atoms with Crippen molar-refractivity contribution >= 4 is 0 Å². The average molecular weight is 294 g/mol. The molecule has 0 aliphatic heterocycles. The fourth-order valence-electron chi connectivity index (χ4n) is 3.18. The number of aromatic nitrogens is 2. The molecule has 0 fully saturated rings. The molecule has 0 aliphatic carbocycles. The summed E-state index contributed by atoms with van der Waals surface area (Å²) in [6.07, 6.45) is 17.0. The van der Waals surface area contributed by atoms with Crippen LogP contribution in [0.3, 0.4) is 0 Å². The zero-order chi connectivity index (χ0) is 15.5. The second kappa shape index (κ2) is 10.9. The van der Waals surface area contributed by atoms with E-state index in [4.69, 9.17) is 0 Å². The minimum atomic E-state index is 0.612. The molecule has 0 aromatic carbocycles. The van der Waals surface area contributed by atoms with E-state index in [1.54, 1.807) is 0 Å². The molecular formula is C19H37N2+. The van der Waals surface area contributed by atoms with Crippen molar-refractivity contribution in [3.8, 4) is 0 Å². The maximum absolute atomic E-state index is 2.48. The van der Waals surface area contributed by atoms with Gasteiger partial charge in [-0.1, -0.05) is 66.2 Å². The summed E-state index contributed by atoms with van der Waals surface area (Å²) in [5, 5.41) is 0. The molecule has 21 heavy (non-hydrogen) atoms. The highest BCUT2D eigenvalue weighted by Gasteiger charge is 2.19. The topological polar surface area (TPSA) is 8.81 Å². The van der Waals surface area contributed by atoms with Crippen LogP contribution in [0.2, 0.25) is 0 Å². The molecule has 0 aliphatic rings. The summed E-state index contributed by atoms with van der Waals surface area (Å²) in [6, 6.07) is 0. The summed E-state index contributed by atoms with van der Waals surface area (Å²) in [6.45, 7) is 11.5. The zero-order valence-electron chi connectivity index (χ0n) is 14.9. The van der Waals surface area contributed by atoms with Crippen LogP contribution in [0, 0.1) is 0 Å². The Morgan fingerprint density at radius 3 is 2.10 bits per heavy atom. The van der Waals surface area contributed by atoms with Gasteiger partial charge in [-0.15, -0.1) is 0 Å². The van der Waals surface area contributed by atoms with Crippen LogP contribution in [0.4, 0.5) is 0 Å². The SMILES string of the molecule is CCCCCCCCCC[n+]1ccn(CCC)c1C(C)C. The molecule has 0 spiro atoms. The third-order valence-corrected chi connectivity index (χ3v) is 4.25. The minimum Gasteiger partial charge on any atom is -0.234 e. The van der Waals surface area contributed by atoms with Gasteiger partial charge in [-0.05, 0) is 19.3 Å². The number of hydrogen-bond acceptors (Lipinski definition) is 0. The second-order valence-corrected chi connectivity index (χ2v) is 6.67. The lowest BCUT2D eigenvalue weighted by Crippen LogP contribution is -2.38. The molecule has 1 aromatic rings. The van der Waals surface area contributed by atoms with Gasteiger partial charge in [-0.2, -0.15) is 0 Å². The van der Waals surface area contributed by atoms with Crippen molar-refractivity contribution in [3.05, 3.63) is 18.2 Å². The number of hydrogen-bond donors (Lipinski definition) is 0. The van der Waals surface area contributed by atoms with Crippen LogP contribution >= 0.6 is 0 Å². The highest BCUT2D eigenvalue weighted by molar-refractivity contribution is 4.89. The molecule has 0 saturated heterocycles. The lowest BCUT2D eigenvalue weighted by atomic mass is 10.1. The molecule has 1 aromatic heterocycles. The summed E-state index contributed by atoms with van der Waals surface area (Å²) in [5.41, 5.74) is 0. The van der Waals surface area contributed by atoms with E-state index in [1.165, 1.54) is 70.2 Å². The first-order valence-corrected chi connectivity index (χ1v) is 9.29. The summed E-state index contributed by atoms with van der Waals surface area (Å²) in [4.78, 5) is 0. The van der Waals surface area contributed by atoms with Gasteiger partial charge in [-0.3, -0.25) is 0 Å². The van der Waals surface area contributed by atoms with Crippen molar-refractivity contribution < 1.29 is 4.57 Å². The van der Waals surface area contributed by atoms with Gasteiger partial charge in [0.2, 0.25) is 0 Å². The third kappa shape index (κ3) is 6.67. The molecule has 0 amide bonds. The first kappa shape index (κ1) is 18.3. The van der Waals surface area contributed by atoms with Crippen LogP contribution in [-0.2, 0) is 13.1 Å². The zero-order valence-corrected chi connectivity index (χ0v) is 14.9. The van der Waals surface area contributed by atoms with Crippen molar-refractivity contribution in [1.29, 1.82) is 0 Å². The number of rotatable bonds is 12. The van der Waals surface area contributed by atoms with Gasteiger partial charge in [-0.25, -0.2) is 9.13 Å². The predicted molar refractivity (Wildman–Crippen MR) is 91.6 cm³/mol. The minimum absolute atomic E-state index is 0.612. The van der Waals surface area contributed by atoms with E-state index in [1.807, 2.05) is 0 Å². The van der Waals surface area contributed by atoms with Gasteiger partial charge < -0.3 is 0 Å². The molecule has 2 heteroatoms. The average Bonchev–Trinajstić information content (AvgIpc) is 2.85. The molecule has 1 heterocycles. The monoisotopic (exact) mass is 293 g/mol. The van der Waals surface area contributed by atoms with Crippen molar-refractivity contribution in [1.82, 2.24) is 4.57 Å². The van der Waals surface area contributed by atoms with Gasteiger partial charge in [0.25, 0.3) is 5.82 Å². The largest absolute Gasteiger partial charge is 0.258 e. The fraction of sp³-hybridized carbons (Fsp3) is 0.842. The van der Waals surface area contributed by atoms with Crippen LogP contribution in [0.15, 0.2) is 12.4 Å².